The number of amides is 1. The van der Waals surface area contributed by atoms with E-state index in [2.05, 4.69) is 38.0 Å². The molecule has 96 valence electrons. The lowest BCUT2D eigenvalue weighted by Gasteiger charge is -2.29. The zero-order valence-corrected chi connectivity index (χ0v) is 11.3. The second-order valence-corrected chi connectivity index (χ2v) is 5.36. The van der Waals surface area contributed by atoms with Gasteiger partial charge in [-0.05, 0) is 17.4 Å². The summed E-state index contributed by atoms with van der Waals surface area (Å²) >= 11 is 0. The van der Waals surface area contributed by atoms with Gasteiger partial charge >= 0.3 is 0 Å². The molecule has 0 aliphatic rings. The van der Waals surface area contributed by atoms with Crippen molar-refractivity contribution in [1.29, 1.82) is 5.26 Å². The minimum absolute atomic E-state index is 0.0185. The number of rotatable bonds is 4. The standard InChI is InChI=1S/C14H19N3O/c1-10(2)14(3,4)9-17-13(18)12-8-16-6-5-11(12)7-15/h5-6,8,10H,9H2,1-4H3,(H,17,18). The van der Waals surface area contributed by atoms with E-state index < -0.39 is 0 Å². The van der Waals surface area contributed by atoms with Crippen molar-refractivity contribution >= 4 is 5.91 Å². The maximum absolute atomic E-state index is 12.0. The Hall–Kier alpha value is -1.89. The Morgan fingerprint density at radius 3 is 2.78 bits per heavy atom. The molecule has 1 aromatic rings. The van der Waals surface area contributed by atoms with Crippen LogP contribution in [0.1, 0.15) is 43.6 Å². The van der Waals surface area contributed by atoms with Gasteiger partial charge in [-0.25, -0.2) is 0 Å². The molecule has 18 heavy (non-hydrogen) atoms. The van der Waals surface area contributed by atoms with Crippen LogP contribution >= 0.6 is 0 Å². The SMILES string of the molecule is CC(C)C(C)(C)CNC(=O)c1cnccc1C#N. The first-order valence-corrected chi connectivity index (χ1v) is 6.01. The molecule has 0 saturated carbocycles. The Morgan fingerprint density at radius 1 is 1.56 bits per heavy atom. The molecule has 0 aliphatic carbocycles. The first-order valence-electron chi connectivity index (χ1n) is 6.01. The fraction of sp³-hybridized carbons (Fsp3) is 0.500. The third kappa shape index (κ3) is 3.30. The topological polar surface area (TPSA) is 65.8 Å². The Balaban J connectivity index is 2.76. The van der Waals surface area contributed by atoms with Crippen LogP contribution in [-0.2, 0) is 0 Å². The lowest BCUT2D eigenvalue weighted by Crippen LogP contribution is -2.37. The Kier molecular flexibility index (Phi) is 4.43. The van der Waals surface area contributed by atoms with Gasteiger partial charge in [0, 0.05) is 18.9 Å². The van der Waals surface area contributed by atoms with Gasteiger partial charge in [0.25, 0.3) is 5.91 Å². The summed E-state index contributed by atoms with van der Waals surface area (Å²) in [5.41, 5.74) is 0.703. The highest BCUT2D eigenvalue weighted by Gasteiger charge is 2.23. The number of nitrogens with one attached hydrogen (secondary N) is 1. The molecule has 1 rings (SSSR count). The van der Waals surface area contributed by atoms with Gasteiger partial charge in [-0.3, -0.25) is 9.78 Å². The molecular weight excluding hydrogens is 226 g/mol. The molecule has 1 heterocycles. The molecule has 0 saturated heterocycles. The first-order chi connectivity index (χ1) is 8.38. The van der Waals surface area contributed by atoms with Crippen LogP contribution < -0.4 is 5.32 Å². The summed E-state index contributed by atoms with van der Waals surface area (Å²) < 4.78 is 0. The number of pyridine rings is 1. The van der Waals surface area contributed by atoms with Crippen LogP contribution in [0.25, 0.3) is 0 Å². The van der Waals surface area contributed by atoms with Crippen LogP contribution in [0.3, 0.4) is 0 Å². The van der Waals surface area contributed by atoms with Gasteiger partial charge in [0.2, 0.25) is 0 Å². The Labute approximate surface area is 108 Å². The molecule has 0 spiro atoms. The van der Waals surface area contributed by atoms with Crippen LogP contribution in [0.5, 0.6) is 0 Å². The highest BCUT2D eigenvalue weighted by atomic mass is 16.1. The molecule has 0 aromatic carbocycles. The van der Waals surface area contributed by atoms with Gasteiger partial charge in [0.1, 0.15) is 6.07 Å². The van der Waals surface area contributed by atoms with Crippen LogP contribution in [0.4, 0.5) is 0 Å². The number of hydrogen-bond donors (Lipinski definition) is 1. The fourth-order valence-corrected chi connectivity index (χ4v) is 1.28. The van der Waals surface area contributed by atoms with E-state index in [4.69, 9.17) is 5.26 Å². The van der Waals surface area contributed by atoms with E-state index in [1.54, 1.807) is 6.07 Å². The van der Waals surface area contributed by atoms with Crippen molar-refractivity contribution < 1.29 is 4.79 Å². The average molecular weight is 245 g/mol. The van der Waals surface area contributed by atoms with Crippen molar-refractivity contribution in [2.24, 2.45) is 11.3 Å². The normalized spacial score (nSPS) is 11.1. The van der Waals surface area contributed by atoms with E-state index in [0.29, 0.717) is 23.6 Å². The van der Waals surface area contributed by atoms with E-state index in [1.165, 1.54) is 12.4 Å². The number of nitriles is 1. The van der Waals surface area contributed by atoms with Crippen molar-refractivity contribution in [3.05, 3.63) is 29.6 Å². The van der Waals surface area contributed by atoms with Crippen molar-refractivity contribution in [2.75, 3.05) is 6.54 Å². The average Bonchev–Trinajstić information content (AvgIpc) is 2.35. The van der Waals surface area contributed by atoms with Crippen molar-refractivity contribution in [3.63, 3.8) is 0 Å². The highest BCUT2D eigenvalue weighted by Crippen LogP contribution is 2.24. The zero-order chi connectivity index (χ0) is 13.8. The minimum atomic E-state index is -0.242. The smallest absolute Gasteiger partial charge is 0.254 e. The van der Waals surface area contributed by atoms with Gasteiger partial charge in [0.05, 0.1) is 11.1 Å². The minimum Gasteiger partial charge on any atom is -0.351 e. The largest absolute Gasteiger partial charge is 0.351 e. The van der Waals surface area contributed by atoms with Crippen molar-refractivity contribution in [3.8, 4) is 6.07 Å². The molecule has 1 aromatic heterocycles. The summed E-state index contributed by atoms with van der Waals surface area (Å²) in [6, 6.07) is 3.54. The van der Waals surface area contributed by atoms with E-state index in [-0.39, 0.29) is 11.3 Å². The quantitative estimate of drug-likeness (QED) is 0.885. The van der Waals surface area contributed by atoms with Crippen LogP contribution in [-0.4, -0.2) is 17.4 Å². The van der Waals surface area contributed by atoms with Crippen molar-refractivity contribution in [2.45, 2.75) is 27.7 Å². The van der Waals surface area contributed by atoms with Crippen LogP contribution in [0.2, 0.25) is 0 Å². The maximum atomic E-state index is 12.0. The van der Waals surface area contributed by atoms with Crippen LogP contribution in [0, 0.1) is 22.7 Å². The summed E-state index contributed by atoms with van der Waals surface area (Å²) in [6.45, 7) is 9.02. The molecule has 1 amide bonds. The van der Waals surface area contributed by atoms with E-state index in [9.17, 15) is 4.79 Å². The van der Waals surface area contributed by atoms with Crippen molar-refractivity contribution in [1.82, 2.24) is 10.3 Å². The molecule has 0 atom stereocenters. The first kappa shape index (κ1) is 14.2. The van der Waals surface area contributed by atoms with E-state index in [0.717, 1.165) is 0 Å². The zero-order valence-electron chi connectivity index (χ0n) is 11.3. The lowest BCUT2D eigenvalue weighted by atomic mass is 9.81. The molecular formula is C14H19N3O. The third-order valence-corrected chi connectivity index (χ3v) is 3.45. The summed E-state index contributed by atoms with van der Waals surface area (Å²) in [5.74, 6) is 0.218. The highest BCUT2D eigenvalue weighted by molar-refractivity contribution is 5.96. The molecule has 1 N–H and O–H groups in total. The molecule has 0 aliphatic heterocycles. The number of carbonyl (C=O) groups is 1. The monoisotopic (exact) mass is 245 g/mol. The van der Waals surface area contributed by atoms with Gasteiger partial charge in [-0.2, -0.15) is 5.26 Å². The molecule has 0 unspecified atom stereocenters. The fourth-order valence-electron chi connectivity index (χ4n) is 1.28. The maximum Gasteiger partial charge on any atom is 0.254 e. The van der Waals surface area contributed by atoms with E-state index in [1.807, 2.05) is 6.07 Å². The van der Waals surface area contributed by atoms with Gasteiger partial charge in [-0.1, -0.05) is 27.7 Å². The van der Waals surface area contributed by atoms with E-state index >= 15 is 0 Å². The lowest BCUT2D eigenvalue weighted by molar-refractivity contribution is 0.0924. The molecule has 0 fully saturated rings. The summed E-state index contributed by atoms with van der Waals surface area (Å²) in [6.07, 6.45) is 2.93. The number of nitrogens with zero attached hydrogens (tertiary/aromatic N) is 2. The van der Waals surface area contributed by atoms with Gasteiger partial charge in [0.15, 0.2) is 0 Å². The number of aromatic nitrogens is 1. The Morgan fingerprint density at radius 2 is 2.22 bits per heavy atom. The third-order valence-electron chi connectivity index (χ3n) is 3.45. The molecule has 0 radical (unpaired) electrons. The van der Waals surface area contributed by atoms with Gasteiger partial charge < -0.3 is 5.32 Å². The number of hydrogen-bond acceptors (Lipinski definition) is 3. The predicted molar refractivity (Wildman–Crippen MR) is 69.9 cm³/mol. The molecule has 0 bridgehead atoms. The summed E-state index contributed by atoms with van der Waals surface area (Å²) in [5, 5.41) is 11.8. The summed E-state index contributed by atoms with van der Waals surface area (Å²) in [7, 11) is 0. The van der Waals surface area contributed by atoms with Crippen LogP contribution in [0.15, 0.2) is 18.5 Å². The Bertz CT molecular complexity index is 472. The second-order valence-electron chi connectivity index (χ2n) is 5.36. The predicted octanol–water partition coefficient (Wildman–Crippen LogP) is 2.37. The second kappa shape index (κ2) is 5.63. The molecule has 4 heteroatoms. The molecule has 4 nitrogen and oxygen atoms in total. The summed E-state index contributed by atoms with van der Waals surface area (Å²) in [4.78, 5) is 15.9. The number of carbonyl (C=O) groups excluding carboxylic acids is 1. The van der Waals surface area contributed by atoms with Gasteiger partial charge in [-0.15, -0.1) is 0 Å².